The first-order valence-electron chi connectivity index (χ1n) is 4.18. The molecule has 0 atom stereocenters. The van der Waals surface area contributed by atoms with E-state index in [4.69, 9.17) is 5.73 Å². The van der Waals surface area contributed by atoms with Gasteiger partial charge in [-0.1, -0.05) is 11.2 Å². The van der Waals surface area contributed by atoms with Crippen LogP contribution in [0.15, 0.2) is 22.7 Å². The molecule has 1 aromatic heterocycles. The van der Waals surface area contributed by atoms with Crippen LogP contribution in [0.1, 0.15) is 11.3 Å². The molecule has 0 bridgehead atoms. The van der Waals surface area contributed by atoms with Gasteiger partial charge in [-0.3, -0.25) is 0 Å². The van der Waals surface area contributed by atoms with Crippen LogP contribution in [0.3, 0.4) is 0 Å². The molecular formula is C9H7F3N2O. The highest BCUT2D eigenvalue weighted by molar-refractivity contribution is 5.80. The first-order chi connectivity index (χ1) is 7.02. The second-order valence-corrected chi connectivity index (χ2v) is 3.06. The van der Waals surface area contributed by atoms with E-state index in [2.05, 4.69) is 9.68 Å². The summed E-state index contributed by atoms with van der Waals surface area (Å²) < 4.78 is 41.9. The van der Waals surface area contributed by atoms with Crippen LogP contribution in [-0.4, -0.2) is 5.16 Å². The van der Waals surface area contributed by atoms with Gasteiger partial charge in [0, 0.05) is 6.54 Å². The lowest BCUT2D eigenvalue weighted by Crippen LogP contribution is -2.05. The fraction of sp³-hybridized carbons (Fsp3) is 0.222. The van der Waals surface area contributed by atoms with E-state index in [9.17, 15) is 13.2 Å². The number of hydrogen-bond acceptors (Lipinski definition) is 3. The van der Waals surface area contributed by atoms with E-state index in [0.717, 1.165) is 0 Å². The lowest BCUT2D eigenvalue weighted by Gasteiger charge is -2.01. The summed E-state index contributed by atoms with van der Waals surface area (Å²) in [5.74, 6) is 0. The predicted octanol–water partition coefficient (Wildman–Crippen LogP) is 2.31. The van der Waals surface area contributed by atoms with Crippen molar-refractivity contribution in [3.8, 4) is 0 Å². The van der Waals surface area contributed by atoms with Gasteiger partial charge in [-0.2, -0.15) is 13.2 Å². The minimum Gasteiger partial charge on any atom is -0.356 e. The van der Waals surface area contributed by atoms with E-state index in [-0.39, 0.29) is 17.5 Å². The zero-order valence-electron chi connectivity index (χ0n) is 7.51. The minimum absolute atomic E-state index is 0.0505. The molecule has 2 N–H and O–H groups in total. The summed E-state index contributed by atoms with van der Waals surface area (Å²) in [6.07, 6.45) is -4.50. The van der Waals surface area contributed by atoms with Gasteiger partial charge in [0.15, 0.2) is 11.3 Å². The second-order valence-electron chi connectivity index (χ2n) is 3.06. The molecule has 1 heterocycles. The van der Waals surface area contributed by atoms with Crippen LogP contribution in [0.2, 0.25) is 0 Å². The van der Waals surface area contributed by atoms with Crippen molar-refractivity contribution in [3.05, 3.63) is 29.5 Å². The minimum atomic E-state index is -4.50. The summed E-state index contributed by atoms with van der Waals surface area (Å²) in [6, 6.07) is 4.38. The summed E-state index contributed by atoms with van der Waals surface area (Å²) in [4.78, 5) is 0. The molecule has 0 amide bonds. The molecule has 0 saturated carbocycles. The van der Waals surface area contributed by atoms with Gasteiger partial charge in [-0.05, 0) is 17.7 Å². The maximum atomic E-state index is 12.4. The zero-order valence-corrected chi connectivity index (χ0v) is 7.51. The van der Waals surface area contributed by atoms with Gasteiger partial charge in [-0.25, -0.2) is 0 Å². The number of nitrogens with two attached hydrogens (primary N) is 1. The summed E-state index contributed by atoms with van der Waals surface area (Å²) in [6.45, 7) is 0.179. The molecule has 0 saturated heterocycles. The third-order valence-electron chi connectivity index (χ3n) is 2.04. The summed E-state index contributed by atoms with van der Waals surface area (Å²) in [5, 5.41) is 2.95. The molecule has 0 aliphatic carbocycles. The van der Waals surface area contributed by atoms with Crippen LogP contribution in [0, 0.1) is 0 Å². The number of benzene rings is 1. The van der Waals surface area contributed by atoms with Gasteiger partial charge in [-0.15, -0.1) is 0 Å². The number of nitrogens with zero attached hydrogens (tertiary/aromatic N) is 1. The lowest BCUT2D eigenvalue weighted by atomic mass is 10.1. The Balaban J connectivity index is 2.67. The Morgan fingerprint density at radius 2 is 2.07 bits per heavy atom. The quantitative estimate of drug-likeness (QED) is 0.795. The monoisotopic (exact) mass is 216 g/mol. The predicted molar refractivity (Wildman–Crippen MR) is 46.9 cm³/mol. The van der Waals surface area contributed by atoms with Crippen LogP contribution in [0.5, 0.6) is 0 Å². The number of fused-ring (bicyclic) bond motifs is 1. The van der Waals surface area contributed by atoms with Crippen molar-refractivity contribution >= 4 is 11.0 Å². The van der Waals surface area contributed by atoms with Gasteiger partial charge < -0.3 is 10.3 Å². The van der Waals surface area contributed by atoms with Crippen molar-refractivity contribution in [2.45, 2.75) is 12.7 Å². The molecule has 15 heavy (non-hydrogen) atoms. The Morgan fingerprint density at radius 3 is 2.67 bits per heavy atom. The average molecular weight is 216 g/mol. The summed E-state index contributed by atoms with van der Waals surface area (Å²) in [5.41, 5.74) is 5.05. The third kappa shape index (κ3) is 1.68. The van der Waals surface area contributed by atoms with Gasteiger partial charge in [0.2, 0.25) is 0 Å². The summed E-state index contributed by atoms with van der Waals surface area (Å²) in [7, 11) is 0. The molecule has 2 rings (SSSR count). The molecule has 0 aliphatic heterocycles. The molecule has 0 spiro atoms. The maximum Gasteiger partial charge on any atom is 0.437 e. The molecule has 3 nitrogen and oxygen atoms in total. The molecule has 2 aromatic rings. The van der Waals surface area contributed by atoms with Gasteiger partial charge >= 0.3 is 6.18 Å². The van der Waals surface area contributed by atoms with Gasteiger partial charge in [0.05, 0.1) is 5.39 Å². The smallest absolute Gasteiger partial charge is 0.356 e. The molecule has 0 unspecified atom stereocenters. The fourth-order valence-electron chi connectivity index (χ4n) is 1.32. The van der Waals surface area contributed by atoms with E-state index in [1.165, 1.54) is 12.1 Å². The highest BCUT2D eigenvalue weighted by Gasteiger charge is 2.36. The molecule has 0 aliphatic rings. The van der Waals surface area contributed by atoms with Crippen LogP contribution in [-0.2, 0) is 12.7 Å². The third-order valence-corrected chi connectivity index (χ3v) is 2.04. The first kappa shape index (κ1) is 9.97. The molecule has 1 aromatic carbocycles. The number of rotatable bonds is 1. The van der Waals surface area contributed by atoms with Crippen LogP contribution >= 0.6 is 0 Å². The van der Waals surface area contributed by atoms with E-state index < -0.39 is 11.9 Å². The van der Waals surface area contributed by atoms with Crippen LogP contribution in [0.25, 0.3) is 11.0 Å². The highest BCUT2D eigenvalue weighted by atomic mass is 19.4. The summed E-state index contributed by atoms with van der Waals surface area (Å²) >= 11 is 0. The fourth-order valence-corrected chi connectivity index (χ4v) is 1.32. The zero-order chi connectivity index (χ0) is 11.1. The second kappa shape index (κ2) is 3.23. The highest BCUT2D eigenvalue weighted by Crippen LogP contribution is 2.34. The van der Waals surface area contributed by atoms with E-state index in [1.807, 2.05) is 0 Å². The van der Waals surface area contributed by atoms with Crippen molar-refractivity contribution in [2.75, 3.05) is 0 Å². The Morgan fingerprint density at radius 1 is 1.33 bits per heavy atom. The number of halogens is 3. The van der Waals surface area contributed by atoms with Crippen LogP contribution < -0.4 is 5.73 Å². The van der Waals surface area contributed by atoms with Crippen molar-refractivity contribution in [1.82, 2.24) is 5.16 Å². The molecule has 6 heteroatoms. The largest absolute Gasteiger partial charge is 0.437 e. The lowest BCUT2D eigenvalue weighted by molar-refractivity contribution is -0.141. The topological polar surface area (TPSA) is 52.0 Å². The van der Waals surface area contributed by atoms with E-state index >= 15 is 0 Å². The van der Waals surface area contributed by atoms with E-state index in [1.54, 1.807) is 6.07 Å². The normalized spacial score (nSPS) is 12.3. The van der Waals surface area contributed by atoms with Crippen molar-refractivity contribution in [2.24, 2.45) is 5.73 Å². The number of hydrogen-bond donors (Lipinski definition) is 1. The molecule has 0 radical (unpaired) electrons. The first-order valence-corrected chi connectivity index (χ1v) is 4.18. The van der Waals surface area contributed by atoms with E-state index in [0.29, 0.717) is 5.56 Å². The number of aromatic nitrogens is 1. The molecule has 0 fully saturated rings. The van der Waals surface area contributed by atoms with Crippen LogP contribution in [0.4, 0.5) is 13.2 Å². The Hall–Kier alpha value is -1.56. The van der Waals surface area contributed by atoms with Gasteiger partial charge in [0.25, 0.3) is 0 Å². The van der Waals surface area contributed by atoms with Crippen molar-refractivity contribution in [1.29, 1.82) is 0 Å². The Labute approximate surface area is 82.6 Å². The van der Waals surface area contributed by atoms with Crippen molar-refractivity contribution < 1.29 is 17.7 Å². The maximum absolute atomic E-state index is 12.4. The average Bonchev–Trinajstić information content (AvgIpc) is 2.59. The number of alkyl halides is 3. The Bertz CT molecular complexity index is 490. The standard InChI is InChI=1S/C9H7F3N2O/c10-9(11,12)8-6-3-5(4-13)1-2-7(6)15-14-8/h1-3H,4,13H2. The SMILES string of the molecule is NCc1ccc2onc(C(F)(F)F)c2c1. The Kier molecular flexibility index (Phi) is 2.15. The molecular weight excluding hydrogens is 209 g/mol. The molecule has 80 valence electrons. The van der Waals surface area contributed by atoms with Gasteiger partial charge in [0.1, 0.15) is 0 Å². The van der Waals surface area contributed by atoms with Crippen molar-refractivity contribution in [3.63, 3.8) is 0 Å².